The number of rotatable bonds is 33. The Labute approximate surface area is 256 Å². The van der Waals surface area contributed by atoms with E-state index in [1.807, 2.05) is 6.08 Å². The zero-order valence-electron chi connectivity index (χ0n) is 27.8. The molecule has 3 N–H and O–H groups in total. The number of aliphatic hydroxyl groups is 2. The molecule has 0 unspecified atom stereocenters. The van der Waals surface area contributed by atoms with Gasteiger partial charge in [0.15, 0.2) is 0 Å². The van der Waals surface area contributed by atoms with Gasteiger partial charge in [-0.3, -0.25) is 4.79 Å². The second-order valence-corrected chi connectivity index (χ2v) is 12.7. The van der Waals surface area contributed by atoms with Gasteiger partial charge >= 0.3 is 0 Å². The maximum Gasteiger partial charge on any atom is 0.220 e. The molecule has 0 aromatic rings. The van der Waals surface area contributed by atoms with Gasteiger partial charge in [0, 0.05) is 6.42 Å². The molecule has 4 nitrogen and oxygen atoms in total. The third kappa shape index (κ3) is 30.4. The van der Waals surface area contributed by atoms with Crippen molar-refractivity contribution in [2.75, 3.05) is 6.61 Å². The minimum Gasteiger partial charge on any atom is -0.394 e. The van der Waals surface area contributed by atoms with E-state index in [9.17, 15) is 15.0 Å². The number of hydrogen-bond acceptors (Lipinski definition) is 3. The Balaban J connectivity index is 3.55. The predicted molar refractivity (Wildman–Crippen MR) is 179 cm³/mol. The van der Waals surface area contributed by atoms with E-state index in [1.54, 1.807) is 6.08 Å². The molecule has 0 spiro atoms. The third-order valence-corrected chi connectivity index (χ3v) is 8.52. The number of hydrogen-bond donors (Lipinski definition) is 3. The van der Waals surface area contributed by atoms with Gasteiger partial charge in [0.05, 0.1) is 18.8 Å². The van der Waals surface area contributed by atoms with Crippen LogP contribution in [0.4, 0.5) is 0 Å². The first kappa shape index (κ1) is 40.1. The molecule has 0 radical (unpaired) electrons. The van der Waals surface area contributed by atoms with E-state index < -0.39 is 12.1 Å². The largest absolute Gasteiger partial charge is 0.394 e. The van der Waals surface area contributed by atoms with Gasteiger partial charge in [-0.2, -0.15) is 0 Å². The lowest BCUT2D eigenvalue weighted by Gasteiger charge is -2.20. The minimum absolute atomic E-state index is 0.0630. The Bertz CT molecular complexity index is 550. The zero-order valence-corrected chi connectivity index (χ0v) is 27.8. The molecule has 0 saturated carbocycles. The molecule has 4 heteroatoms. The van der Waals surface area contributed by atoms with Crippen molar-refractivity contribution < 1.29 is 15.0 Å². The van der Waals surface area contributed by atoms with Crippen LogP contribution in [0.3, 0.4) is 0 Å². The molecule has 244 valence electrons. The van der Waals surface area contributed by atoms with Gasteiger partial charge in [-0.15, -0.1) is 0 Å². The normalized spacial score (nSPS) is 13.2. The topological polar surface area (TPSA) is 69.6 Å². The van der Waals surface area contributed by atoms with Crippen LogP contribution in [-0.2, 0) is 4.79 Å². The summed E-state index contributed by atoms with van der Waals surface area (Å²) in [6.07, 6.45) is 40.1. The van der Waals surface area contributed by atoms with Crippen LogP contribution < -0.4 is 5.32 Å². The average Bonchev–Trinajstić information content (AvgIpc) is 2.97. The van der Waals surface area contributed by atoms with Crippen molar-refractivity contribution in [1.29, 1.82) is 0 Å². The smallest absolute Gasteiger partial charge is 0.220 e. The molecule has 0 fully saturated rings. The highest BCUT2D eigenvalue weighted by atomic mass is 16.3. The van der Waals surface area contributed by atoms with Crippen LogP contribution >= 0.6 is 0 Å². The Kier molecular flexibility index (Phi) is 32.9. The highest BCUT2D eigenvalue weighted by Crippen LogP contribution is 2.15. The van der Waals surface area contributed by atoms with Crippen LogP contribution in [0.2, 0.25) is 0 Å². The van der Waals surface area contributed by atoms with Gasteiger partial charge < -0.3 is 15.5 Å². The van der Waals surface area contributed by atoms with Crippen LogP contribution in [0, 0.1) is 0 Å². The second-order valence-electron chi connectivity index (χ2n) is 12.7. The van der Waals surface area contributed by atoms with E-state index in [-0.39, 0.29) is 12.5 Å². The van der Waals surface area contributed by atoms with Crippen LogP contribution in [-0.4, -0.2) is 34.9 Å². The summed E-state index contributed by atoms with van der Waals surface area (Å²) >= 11 is 0. The number of amides is 1. The third-order valence-electron chi connectivity index (χ3n) is 8.52. The van der Waals surface area contributed by atoms with Gasteiger partial charge in [0.1, 0.15) is 0 Å². The molecule has 41 heavy (non-hydrogen) atoms. The van der Waals surface area contributed by atoms with Crippen molar-refractivity contribution in [3.05, 3.63) is 12.2 Å². The van der Waals surface area contributed by atoms with E-state index >= 15 is 0 Å². The number of unbranched alkanes of at least 4 members (excludes halogenated alkanes) is 26. The number of allylic oxidation sites excluding steroid dienone is 1. The Morgan fingerprint density at radius 1 is 0.561 bits per heavy atom. The molecule has 2 atom stereocenters. The molecule has 1 amide bonds. The average molecular weight is 580 g/mol. The summed E-state index contributed by atoms with van der Waals surface area (Å²) < 4.78 is 0. The number of aliphatic hydroxyl groups excluding tert-OH is 2. The Hall–Kier alpha value is -0.870. The Morgan fingerprint density at radius 3 is 1.27 bits per heavy atom. The number of carbonyl (C=O) groups is 1. The van der Waals surface area contributed by atoms with E-state index in [4.69, 9.17) is 0 Å². The highest BCUT2D eigenvalue weighted by molar-refractivity contribution is 5.76. The molecule has 0 aromatic carbocycles. The zero-order chi connectivity index (χ0) is 30.1. The minimum atomic E-state index is -0.831. The molecule has 0 saturated heterocycles. The quantitative estimate of drug-likeness (QED) is 0.0535. The fraction of sp³-hybridized carbons (Fsp3) is 0.919. The molecule has 0 aliphatic rings. The first-order valence-electron chi connectivity index (χ1n) is 18.4. The Morgan fingerprint density at radius 2 is 0.902 bits per heavy atom. The predicted octanol–water partition coefficient (Wildman–Crippen LogP) is 10.7. The van der Waals surface area contributed by atoms with Crippen LogP contribution in [0.25, 0.3) is 0 Å². The summed E-state index contributed by atoms with van der Waals surface area (Å²) in [6.45, 7) is 4.30. The van der Waals surface area contributed by atoms with Gasteiger partial charge in [0.25, 0.3) is 0 Å². The lowest BCUT2D eigenvalue weighted by Crippen LogP contribution is -2.45. The molecule has 0 rings (SSSR count). The maximum atomic E-state index is 12.3. The van der Waals surface area contributed by atoms with Crippen LogP contribution in [0.15, 0.2) is 12.2 Å². The SMILES string of the molecule is CCCCCCCCCCC/C=C/[C@@H](O)[C@H](CO)NC(=O)CCCCCCCCCCCCCCCCCCCC. The van der Waals surface area contributed by atoms with E-state index in [1.165, 1.54) is 154 Å². The first-order chi connectivity index (χ1) is 20.2. The molecule has 0 aliphatic carbocycles. The van der Waals surface area contributed by atoms with Crippen LogP contribution in [0.1, 0.15) is 200 Å². The monoisotopic (exact) mass is 580 g/mol. The van der Waals surface area contributed by atoms with Crippen molar-refractivity contribution >= 4 is 5.91 Å². The maximum absolute atomic E-state index is 12.3. The fourth-order valence-corrected chi connectivity index (χ4v) is 5.65. The molecular formula is C37H73NO3. The van der Waals surface area contributed by atoms with Crippen molar-refractivity contribution in [3.63, 3.8) is 0 Å². The highest BCUT2D eigenvalue weighted by Gasteiger charge is 2.17. The van der Waals surface area contributed by atoms with Crippen LogP contribution in [0.5, 0.6) is 0 Å². The van der Waals surface area contributed by atoms with Crippen molar-refractivity contribution in [3.8, 4) is 0 Å². The van der Waals surface area contributed by atoms with E-state index in [0.29, 0.717) is 6.42 Å². The summed E-state index contributed by atoms with van der Waals surface area (Å²) in [5, 5.41) is 22.8. The van der Waals surface area contributed by atoms with Crippen molar-refractivity contribution in [2.45, 2.75) is 212 Å². The fourth-order valence-electron chi connectivity index (χ4n) is 5.65. The van der Waals surface area contributed by atoms with Crippen molar-refractivity contribution in [2.24, 2.45) is 0 Å². The summed E-state index contributed by atoms with van der Waals surface area (Å²) in [5.74, 6) is -0.0630. The number of carbonyl (C=O) groups excluding carboxylic acids is 1. The lowest BCUT2D eigenvalue weighted by atomic mass is 10.0. The lowest BCUT2D eigenvalue weighted by molar-refractivity contribution is -0.123. The molecular weight excluding hydrogens is 506 g/mol. The molecule has 0 bridgehead atoms. The van der Waals surface area contributed by atoms with Gasteiger partial charge in [-0.1, -0.05) is 187 Å². The standard InChI is InChI=1S/C37H73NO3/c1-3-5-7-9-11-13-15-16-17-18-19-20-21-23-25-27-29-31-33-37(41)38-35(34-39)36(40)32-30-28-26-24-22-14-12-10-8-6-4-2/h30,32,35-36,39-40H,3-29,31,33-34H2,1-2H3,(H,38,41)/b32-30+/t35-,36+/m0/s1. The number of nitrogens with one attached hydrogen (secondary N) is 1. The van der Waals surface area contributed by atoms with Gasteiger partial charge in [0.2, 0.25) is 5.91 Å². The van der Waals surface area contributed by atoms with Gasteiger partial charge in [-0.25, -0.2) is 0 Å². The molecule has 0 aliphatic heterocycles. The molecule has 0 heterocycles. The summed E-state index contributed by atoms with van der Waals surface area (Å²) in [4.78, 5) is 12.3. The van der Waals surface area contributed by atoms with E-state index in [2.05, 4.69) is 19.2 Å². The van der Waals surface area contributed by atoms with E-state index in [0.717, 1.165) is 25.7 Å². The first-order valence-corrected chi connectivity index (χ1v) is 18.4. The summed E-state index contributed by atoms with van der Waals surface area (Å²) in [7, 11) is 0. The second kappa shape index (κ2) is 33.6. The van der Waals surface area contributed by atoms with Crippen molar-refractivity contribution in [1.82, 2.24) is 5.32 Å². The summed E-state index contributed by atoms with van der Waals surface area (Å²) in [5.41, 5.74) is 0. The summed E-state index contributed by atoms with van der Waals surface area (Å²) in [6, 6.07) is -0.613. The van der Waals surface area contributed by atoms with Gasteiger partial charge in [-0.05, 0) is 19.3 Å². The molecule has 0 aromatic heterocycles.